The van der Waals surface area contributed by atoms with E-state index in [2.05, 4.69) is 20.1 Å². The number of nitrogens with one attached hydrogen (secondary N) is 3. The van der Waals surface area contributed by atoms with Crippen molar-refractivity contribution in [3.63, 3.8) is 0 Å². The summed E-state index contributed by atoms with van der Waals surface area (Å²) >= 11 is 0. The number of hydrogen-bond donors (Lipinski definition) is 6. The molecule has 6 N–H and O–H groups in total. The minimum atomic E-state index is -2.57. The van der Waals surface area contributed by atoms with Crippen LogP contribution in [-0.4, -0.2) is 53.5 Å². The third-order valence-corrected chi connectivity index (χ3v) is 2.61. The third kappa shape index (κ3) is 3.81. The van der Waals surface area contributed by atoms with Gasteiger partial charge in [0.05, 0.1) is 26.4 Å². The molecular formula is C8H16N6O5. The van der Waals surface area contributed by atoms with E-state index in [4.69, 9.17) is 31.9 Å². The molecule has 0 aromatic heterocycles. The Labute approximate surface area is 108 Å². The molecule has 0 atom stereocenters. The lowest BCUT2D eigenvalue weighted by Crippen LogP contribution is -2.37. The van der Waals surface area contributed by atoms with Gasteiger partial charge >= 0.3 is 11.8 Å². The van der Waals surface area contributed by atoms with E-state index in [1.165, 1.54) is 0 Å². The Kier molecular flexibility index (Phi) is 6.82. The van der Waals surface area contributed by atoms with Gasteiger partial charge in [-0.3, -0.25) is 0 Å². The highest BCUT2D eigenvalue weighted by Gasteiger charge is 2.41. The number of ether oxygens (including phenoxy) is 1. The monoisotopic (exact) mass is 276 g/mol. The lowest BCUT2D eigenvalue weighted by Gasteiger charge is -2.27. The van der Waals surface area contributed by atoms with Gasteiger partial charge in [-0.05, 0) is 6.42 Å². The zero-order valence-corrected chi connectivity index (χ0v) is 10.0. The lowest BCUT2D eigenvalue weighted by molar-refractivity contribution is -0.152. The summed E-state index contributed by atoms with van der Waals surface area (Å²) in [4.78, 5) is 11.5. The summed E-state index contributed by atoms with van der Waals surface area (Å²) in [5, 5.41) is 35.1. The van der Waals surface area contributed by atoms with Crippen LogP contribution in [0.25, 0.3) is 0 Å². The van der Waals surface area contributed by atoms with Gasteiger partial charge in [0.1, 0.15) is 0 Å². The molecule has 0 bridgehead atoms. The van der Waals surface area contributed by atoms with Crippen LogP contribution in [-0.2, 0) is 9.53 Å². The van der Waals surface area contributed by atoms with Crippen LogP contribution in [0, 0.1) is 22.0 Å². The Hall–Kier alpha value is -1.85. The normalized spacial score (nSPS) is 14.3. The highest BCUT2D eigenvalue weighted by molar-refractivity contribution is 5.79. The van der Waals surface area contributed by atoms with Crippen LogP contribution in [0.5, 0.6) is 0 Å². The summed E-state index contributed by atoms with van der Waals surface area (Å²) in [5.74, 6) is -3.87. The van der Waals surface area contributed by atoms with Crippen LogP contribution in [0.4, 0.5) is 0 Å². The zero-order valence-electron chi connectivity index (χ0n) is 10.0. The molecule has 0 saturated heterocycles. The van der Waals surface area contributed by atoms with Gasteiger partial charge < -0.3 is 20.1 Å². The average Bonchev–Trinajstić information content (AvgIpc) is 2.46. The molecule has 0 unspecified atom stereocenters. The number of esters is 1. The molecule has 0 spiro atoms. The van der Waals surface area contributed by atoms with E-state index in [0.717, 1.165) is 0 Å². The quantitative estimate of drug-likeness (QED) is 0.233. The second kappa shape index (κ2) is 7.56. The van der Waals surface area contributed by atoms with Gasteiger partial charge in [0.15, 0.2) is 0 Å². The van der Waals surface area contributed by atoms with E-state index >= 15 is 0 Å². The van der Waals surface area contributed by atoms with Crippen LogP contribution < -0.4 is 0 Å². The molecule has 0 saturated carbocycles. The Bertz CT molecular complexity index is 314. The molecule has 0 aliphatic rings. The molecule has 0 amide bonds. The molecule has 0 aromatic rings. The van der Waals surface area contributed by atoms with Crippen molar-refractivity contribution < 1.29 is 24.9 Å². The number of rotatable bonds is 10. The van der Waals surface area contributed by atoms with Crippen LogP contribution in [0.15, 0.2) is 15.3 Å². The fourth-order valence-electron chi connectivity index (χ4n) is 1.06. The standard InChI is InChI=1S/C8H16N6O5/c9-12-8(13-10,14-11)6(18)19-2-1-7(3-15,4-16)5-17/h9-11,15-17H,1-5H2. The number of carbonyl (C=O) groups is 1. The molecule has 0 radical (unpaired) electrons. The van der Waals surface area contributed by atoms with Crippen LogP contribution >= 0.6 is 0 Å². The second-order valence-electron chi connectivity index (χ2n) is 3.83. The molecule has 0 aliphatic carbocycles. The molecule has 19 heavy (non-hydrogen) atoms. The summed E-state index contributed by atoms with van der Waals surface area (Å²) in [6, 6.07) is 0. The predicted molar refractivity (Wildman–Crippen MR) is 57.4 cm³/mol. The number of aliphatic hydroxyl groups excluding tert-OH is 3. The molecular weight excluding hydrogens is 260 g/mol. The van der Waals surface area contributed by atoms with E-state index in [1.54, 1.807) is 0 Å². The van der Waals surface area contributed by atoms with Crippen molar-refractivity contribution in [1.29, 1.82) is 16.6 Å². The maximum atomic E-state index is 11.5. The van der Waals surface area contributed by atoms with Crippen molar-refractivity contribution in [1.82, 2.24) is 0 Å². The molecule has 0 heterocycles. The summed E-state index contributed by atoms with van der Waals surface area (Å²) in [7, 11) is 0. The highest BCUT2D eigenvalue weighted by Crippen LogP contribution is 2.21. The number of hydrogen-bond acceptors (Lipinski definition) is 11. The number of aliphatic hydroxyl groups is 3. The van der Waals surface area contributed by atoms with E-state index in [1.807, 2.05) is 0 Å². The molecule has 11 nitrogen and oxygen atoms in total. The van der Waals surface area contributed by atoms with E-state index in [-0.39, 0.29) is 13.0 Å². The van der Waals surface area contributed by atoms with E-state index in [0.29, 0.717) is 0 Å². The summed E-state index contributed by atoms with van der Waals surface area (Å²) in [5.41, 5.74) is 18.8. The Morgan fingerprint density at radius 3 is 1.74 bits per heavy atom. The summed E-state index contributed by atoms with van der Waals surface area (Å²) < 4.78 is 4.63. The maximum Gasteiger partial charge on any atom is 0.396 e. The lowest BCUT2D eigenvalue weighted by atomic mass is 9.88. The van der Waals surface area contributed by atoms with Crippen molar-refractivity contribution in [2.75, 3.05) is 26.4 Å². The van der Waals surface area contributed by atoms with Crippen molar-refractivity contribution >= 4 is 5.97 Å². The van der Waals surface area contributed by atoms with Gasteiger partial charge in [-0.1, -0.05) is 0 Å². The van der Waals surface area contributed by atoms with E-state index < -0.39 is 37.0 Å². The van der Waals surface area contributed by atoms with Gasteiger partial charge in [-0.2, -0.15) is 0 Å². The minimum Gasteiger partial charge on any atom is -0.461 e. The van der Waals surface area contributed by atoms with Gasteiger partial charge in [0.25, 0.3) is 0 Å². The first kappa shape index (κ1) is 17.2. The Balaban J connectivity index is 4.57. The van der Waals surface area contributed by atoms with Gasteiger partial charge in [-0.25, -0.2) is 21.4 Å². The largest absolute Gasteiger partial charge is 0.461 e. The SMILES string of the molecule is N=NC(N=N)(N=N)C(=O)OCCC(CO)(CO)CO. The maximum absolute atomic E-state index is 11.5. The smallest absolute Gasteiger partial charge is 0.396 e. The summed E-state index contributed by atoms with van der Waals surface area (Å²) in [6.45, 7) is -1.88. The van der Waals surface area contributed by atoms with Crippen molar-refractivity contribution in [3.8, 4) is 0 Å². The molecule has 0 aromatic carbocycles. The van der Waals surface area contributed by atoms with Crippen molar-refractivity contribution in [2.45, 2.75) is 12.2 Å². The van der Waals surface area contributed by atoms with Crippen LogP contribution in [0.1, 0.15) is 6.42 Å². The van der Waals surface area contributed by atoms with Crippen molar-refractivity contribution in [3.05, 3.63) is 0 Å². The van der Waals surface area contributed by atoms with Crippen LogP contribution in [0.2, 0.25) is 0 Å². The van der Waals surface area contributed by atoms with Gasteiger partial charge in [0, 0.05) is 5.41 Å². The molecule has 11 heteroatoms. The molecule has 108 valence electrons. The molecule has 0 rings (SSSR count). The first-order valence-corrected chi connectivity index (χ1v) is 5.15. The summed E-state index contributed by atoms with van der Waals surface area (Å²) in [6.07, 6.45) is -0.0632. The third-order valence-electron chi connectivity index (χ3n) is 2.61. The highest BCUT2D eigenvalue weighted by atomic mass is 16.5. The number of nitrogens with zero attached hydrogens (tertiary/aromatic N) is 3. The number of carbonyl (C=O) groups excluding carboxylic acids is 1. The predicted octanol–water partition coefficient (Wildman–Crippen LogP) is -0.370. The van der Waals surface area contributed by atoms with Gasteiger partial charge in [-0.15, -0.1) is 15.3 Å². The minimum absolute atomic E-state index is 0.0632. The van der Waals surface area contributed by atoms with Crippen LogP contribution in [0.3, 0.4) is 0 Å². The fraction of sp³-hybridized carbons (Fsp3) is 0.875. The first-order chi connectivity index (χ1) is 8.99. The van der Waals surface area contributed by atoms with Gasteiger partial charge in [0.2, 0.25) is 0 Å². The second-order valence-corrected chi connectivity index (χ2v) is 3.83. The molecule has 0 fully saturated rings. The fourth-order valence-corrected chi connectivity index (χ4v) is 1.06. The first-order valence-electron chi connectivity index (χ1n) is 5.15. The average molecular weight is 276 g/mol. The Morgan fingerprint density at radius 2 is 1.42 bits per heavy atom. The molecule has 0 aliphatic heterocycles. The zero-order chi connectivity index (χ0) is 14.9. The van der Waals surface area contributed by atoms with E-state index in [9.17, 15) is 4.79 Å². The Morgan fingerprint density at radius 1 is 1.00 bits per heavy atom. The topological polar surface area (TPSA) is 196 Å². The van der Waals surface area contributed by atoms with Crippen molar-refractivity contribution in [2.24, 2.45) is 20.8 Å².